The molecular formula is C21H23NO5. The first-order valence-electron chi connectivity index (χ1n) is 8.82. The molecule has 0 bridgehead atoms. The number of alkyl carbamates (subject to hydrolysis) is 1. The quantitative estimate of drug-likeness (QED) is 0.718. The van der Waals surface area contributed by atoms with Crippen molar-refractivity contribution < 1.29 is 23.8 Å². The summed E-state index contributed by atoms with van der Waals surface area (Å²) in [6, 6.07) is 14.6. The number of ether oxygens (including phenoxy) is 3. The highest BCUT2D eigenvalue weighted by Crippen LogP contribution is 2.37. The fourth-order valence-electron chi connectivity index (χ4n) is 2.65. The van der Waals surface area contributed by atoms with Gasteiger partial charge >= 0.3 is 6.09 Å². The smallest absolute Gasteiger partial charge is 0.408 e. The van der Waals surface area contributed by atoms with Crippen molar-refractivity contribution in [2.45, 2.75) is 31.9 Å². The number of rotatable bonds is 8. The van der Waals surface area contributed by atoms with Crippen molar-refractivity contribution in [3.63, 3.8) is 0 Å². The molecule has 142 valence electrons. The number of carbonyl (C=O) groups excluding carboxylic acids is 2. The Hall–Kier alpha value is -3.02. The Bertz CT molecular complexity index is 815. The van der Waals surface area contributed by atoms with E-state index in [2.05, 4.69) is 5.32 Å². The van der Waals surface area contributed by atoms with Gasteiger partial charge in [-0.2, -0.15) is 0 Å². The number of benzene rings is 2. The predicted molar refractivity (Wildman–Crippen MR) is 100 cm³/mol. The molecule has 0 spiro atoms. The fraction of sp³-hybridized carbons (Fsp3) is 0.333. The molecule has 6 nitrogen and oxygen atoms in total. The molecule has 0 radical (unpaired) electrons. The molecule has 1 amide bonds. The molecule has 0 atom stereocenters. The van der Waals surface area contributed by atoms with Crippen molar-refractivity contribution in [2.24, 2.45) is 0 Å². The summed E-state index contributed by atoms with van der Waals surface area (Å²) < 4.78 is 16.4. The standard InChI is InChI=1S/C21H23NO5/c1-15(23)17-8-9-18(19(12-17)25-2)27-14-21(10-11-21)22-20(24)26-13-16-6-4-3-5-7-16/h3-9,12H,10-11,13-14H2,1-2H3,(H,22,24). The third kappa shape index (κ3) is 5.00. The zero-order valence-electron chi connectivity index (χ0n) is 15.5. The average Bonchev–Trinajstić information content (AvgIpc) is 3.45. The number of amides is 1. The maximum atomic E-state index is 12.1. The number of methoxy groups -OCH3 is 1. The Balaban J connectivity index is 1.53. The first kappa shape index (κ1) is 18.8. The van der Waals surface area contributed by atoms with Gasteiger partial charge in [-0.1, -0.05) is 30.3 Å². The Morgan fingerprint density at radius 3 is 2.44 bits per heavy atom. The van der Waals surface area contributed by atoms with Crippen molar-refractivity contribution in [3.05, 3.63) is 59.7 Å². The molecule has 0 aromatic heterocycles. The molecule has 1 fully saturated rings. The van der Waals surface area contributed by atoms with Gasteiger partial charge in [-0.25, -0.2) is 4.79 Å². The first-order valence-corrected chi connectivity index (χ1v) is 8.82. The minimum absolute atomic E-state index is 0.0404. The van der Waals surface area contributed by atoms with Gasteiger partial charge in [0.05, 0.1) is 12.6 Å². The van der Waals surface area contributed by atoms with Gasteiger partial charge in [-0.05, 0) is 43.5 Å². The SMILES string of the molecule is COc1cc(C(C)=O)ccc1OCC1(NC(=O)OCc2ccccc2)CC1. The number of ketones is 1. The van der Waals surface area contributed by atoms with Gasteiger partial charge in [-0.3, -0.25) is 4.79 Å². The first-order chi connectivity index (χ1) is 13.0. The van der Waals surface area contributed by atoms with Crippen molar-refractivity contribution in [2.75, 3.05) is 13.7 Å². The number of hydrogen-bond acceptors (Lipinski definition) is 5. The van der Waals surface area contributed by atoms with E-state index in [0.29, 0.717) is 23.7 Å². The van der Waals surface area contributed by atoms with Crippen LogP contribution >= 0.6 is 0 Å². The van der Waals surface area contributed by atoms with Gasteiger partial charge in [0.2, 0.25) is 0 Å². The maximum Gasteiger partial charge on any atom is 0.408 e. The van der Waals surface area contributed by atoms with E-state index in [4.69, 9.17) is 14.2 Å². The molecule has 1 N–H and O–H groups in total. The highest BCUT2D eigenvalue weighted by Gasteiger charge is 2.45. The van der Waals surface area contributed by atoms with Gasteiger partial charge in [0, 0.05) is 5.56 Å². The second-order valence-electron chi connectivity index (χ2n) is 6.68. The van der Waals surface area contributed by atoms with E-state index in [0.717, 1.165) is 18.4 Å². The minimum Gasteiger partial charge on any atom is -0.493 e. The van der Waals surface area contributed by atoms with Crippen molar-refractivity contribution in [3.8, 4) is 11.5 Å². The van der Waals surface area contributed by atoms with Gasteiger partial charge in [-0.15, -0.1) is 0 Å². The molecule has 6 heteroatoms. The molecule has 0 aliphatic heterocycles. The van der Waals surface area contributed by atoms with Crippen LogP contribution in [0, 0.1) is 0 Å². The van der Waals surface area contributed by atoms with E-state index in [1.165, 1.54) is 14.0 Å². The normalized spacial score (nSPS) is 14.1. The molecule has 3 rings (SSSR count). The van der Waals surface area contributed by atoms with Crippen LogP contribution in [0.25, 0.3) is 0 Å². The van der Waals surface area contributed by atoms with Crippen LogP contribution in [-0.4, -0.2) is 31.1 Å². The Morgan fingerprint density at radius 1 is 1.07 bits per heavy atom. The van der Waals surface area contributed by atoms with Gasteiger partial charge < -0.3 is 19.5 Å². The Labute approximate surface area is 158 Å². The molecule has 27 heavy (non-hydrogen) atoms. The third-order valence-electron chi connectivity index (χ3n) is 4.51. The average molecular weight is 369 g/mol. The lowest BCUT2D eigenvalue weighted by Crippen LogP contribution is -2.41. The number of carbonyl (C=O) groups is 2. The van der Waals surface area contributed by atoms with Crippen LogP contribution < -0.4 is 14.8 Å². The van der Waals surface area contributed by atoms with E-state index in [-0.39, 0.29) is 12.4 Å². The molecule has 0 heterocycles. The van der Waals surface area contributed by atoms with Crippen LogP contribution in [0.1, 0.15) is 35.7 Å². The molecule has 0 unspecified atom stereocenters. The van der Waals surface area contributed by atoms with E-state index >= 15 is 0 Å². The summed E-state index contributed by atoms with van der Waals surface area (Å²) in [5.41, 5.74) is 1.07. The summed E-state index contributed by atoms with van der Waals surface area (Å²) in [5.74, 6) is 0.986. The van der Waals surface area contributed by atoms with Crippen molar-refractivity contribution in [1.29, 1.82) is 0 Å². The maximum absolute atomic E-state index is 12.1. The lowest BCUT2D eigenvalue weighted by molar-refractivity contribution is 0.101. The zero-order valence-corrected chi connectivity index (χ0v) is 15.5. The zero-order chi connectivity index (χ0) is 19.3. The van der Waals surface area contributed by atoms with E-state index in [1.807, 2.05) is 30.3 Å². The number of nitrogens with one attached hydrogen (secondary N) is 1. The third-order valence-corrected chi connectivity index (χ3v) is 4.51. The predicted octanol–water partition coefficient (Wildman–Crippen LogP) is 3.74. The van der Waals surface area contributed by atoms with Gasteiger partial charge in [0.15, 0.2) is 17.3 Å². The molecule has 2 aromatic carbocycles. The summed E-state index contributed by atoms with van der Waals surface area (Å²) in [5, 5.41) is 2.89. The highest BCUT2D eigenvalue weighted by atomic mass is 16.6. The van der Waals surface area contributed by atoms with E-state index < -0.39 is 11.6 Å². The van der Waals surface area contributed by atoms with Crippen molar-refractivity contribution >= 4 is 11.9 Å². The van der Waals surface area contributed by atoms with Gasteiger partial charge in [0.25, 0.3) is 0 Å². The van der Waals surface area contributed by atoms with Crippen molar-refractivity contribution in [1.82, 2.24) is 5.32 Å². The lowest BCUT2D eigenvalue weighted by atomic mass is 10.1. The van der Waals surface area contributed by atoms with Crippen LogP contribution in [0.3, 0.4) is 0 Å². The van der Waals surface area contributed by atoms with Crippen LogP contribution in [0.2, 0.25) is 0 Å². The van der Waals surface area contributed by atoms with Gasteiger partial charge in [0.1, 0.15) is 13.2 Å². The molecule has 1 aliphatic carbocycles. The fourth-order valence-corrected chi connectivity index (χ4v) is 2.65. The summed E-state index contributed by atoms with van der Waals surface area (Å²) in [4.78, 5) is 23.6. The van der Waals surface area contributed by atoms with Crippen LogP contribution in [0.5, 0.6) is 11.5 Å². The summed E-state index contributed by atoms with van der Waals surface area (Å²) in [6.07, 6.45) is 1.18. The molecule has 2 aromatic rings. The second kappa shape index (κ2) is 8.12. The second-order valence-corrected chi connectivity index (χ2v) is 6.68. The topological polar surface area (TPSA) is 73.9 Å². The monoisotopic (exact) mass is 369 g/mol. The summed E-state index contributed by atoms with van der Waals surface area (Å²) in [7, 11) is 1.53. The van der Waals surface area contributed by atoms with Crippen LogP contribution in [0.4, 0.5) is 4.79 Å². The Kier molecular flexibility index (Phi) is 5.64. The number of hydrogen-bond donors (Lipinski definition) is 1. The molecule has 1 aliphatic rings. The van der Waals surface area contributed by atoms with E-state index in [1.54, 1.807) is 18.2 Å². The summed E-state index contributed by atoms with van der Waals surface area (Å²) >= 11 is 0. The number of Topliss-reactive ketones (excluding diaryl/α,β-unsaturated/α-hetero) is 1. The van der Waals surface area contributed by atoms with E-state index in [9.17, 15) is 9.59 Å². The Morgan fingerprint density at radius 2 is 1.81 bits per heavy atom. The largest absolute Gasteiger partial charge is 0.493 e. The van der Waals surface area contributed by atoms with Crippen LogP contribution in [0.15, 0.2) is 48.5 Å². The summed E-state index contributed by atoms with van der Waals surface area (Å²) in [6.45, 7) is 2.03. The molecule has 0 saturated heterocycles. The highest BCUT2D eigenvalue weighted by molar-refractivity contribution is 5.94. The lowest BCUT2D eigenvalue weighted by Gasteiger charge is -2.19. The molecule has 1 saturated carbocycles. The minimum atomic E-state index is -0.459. The molecular weight excluding hydrogens is 346 g/mol. The van der Waals surface area contributed by atoms with Crippen LogP contribution in [-0.2, 0) is 11.3 Å².